The summed E-state index contributed by atoms with van der Waals surface area (Å²) in [5.41, 5.74) is 6.58. The van der Waals surface area contributed by atoms with Crippen molar-refractivity contribution in [1.29, 1.82) is 0 Å². The molecule has 3 N–H and O–H groups in total. The van der Waals surface area contributed by atoms with Gasteiger partial charge in [-0.3, -0.25) is 4.79 Å². The van der Waals surface area contributed by atoms with Crippen molar-refractivity contribution in [2.24, 2.45) is 11.7 Å². The predicted molar refractivity (Wildman–Crippen MR) is 65.2 cm³/mol. The van der Waals surface area contributed by atoms with Gasteiger partial charge in [-0.25, -0.2) is 0 Å². The van der Waals surface area contributed by atoms with Crippen LogP contribution in [0.3, 0.4) is 0 Å². The van der Waals surface area contributed by atoms with E-state index < -0.39 is 0 Å². The van der Waals surface area contributed by atoms with Gasteiger partial charge in [0.25, 0.3) is 0 Å². The number of nitrogens with two attached hydrogens (primary N) is 1. The molecule has 1 saturated heterocycles. The molecule has 2 rings (SSSR count). The van der Waals surface area contributed by atoms with E-state index in [2.05, 4.69) is 5.32 Å². The Balaban J connectivity index is 1.78. The number of esters is 1. The zero-order chi connectivity index (χ0) is 12.1. The Bertz CT molecular complexity index is 367. The van der Waals surface area contributed by atoms with Crippen molar-refractivity contribution in [3.63, 3.8) is 0 Å². The van der Waals surface area contributed by atoms with E-state index in [9.17, 15) is 4.79 Å². The fraction of sp³-hybridized carbons (Fsp3) is 0.462. The zero-order valence-corrected chi connectivity index (χ0v) is 9.76. The standard InChI is InChI=1S/C13H18N2O2/c14-7-11-6-12(15-8-11)13(16)17-9-10-4-2-1-3-5-10/h1-5,11-12,15H,6-9,14H2. The van der Waals surface area contributed by atoms with Crippen LogP contribution < -0.4 is 11.1 Å². The lowest BCUT2D eigenvalue weighted by Gasteiger charge is -2.10. The number of carbonyl (C=O) groups excluding carboxylic acids is 1. The highest BCUT2D eigenvalue weighted by Gasteiger charge is 2.29. The molecule has 0 amide bonds. The van der Waals surface area contributed by atoms with Gasteiger partial charge in [-0.1, -0.05) is 30.3 Å². The molecule has 2 atom stereocenters. The molecular weight excluding hydrogens is 216 g/mol. The maximum absolute atomic E-state index is 11.8. The third-order valence-electron chi connectivity index (χ3n) is 3.06. The first-order valence-corrected chi connectivity index (χ1v) is 5.93. The third-order valence-corrected chi connectivity index (χ3v) is 3.06. The third kappa shape index (κ3) is 3.28. The minimum Gasteiger partial charge on any atom is -0.460 e. The van der Waals surface area contributed by atoms with Crippen LogP contribution in [0.1, 0.15) is 12.0 Å². The second kappa shape index (κ2) is 5.80. The maximum atomic E-state index is 11.8. The van der Waals surface area contributed by atoms with Crippen LogP contribution in [0.2, 0.25) is 0 Å². The van der Waals surface area contributed by atoms with Crippen LogP contribution in [0.15, 0.2) is 30.3 Å². The molecule has 17 heavy (non-hydrogen) atoms. The number of benzene rings is 1. The minimum absolute atomic E-state index is 0.176. The molecule has 0 aromatic heterocycles. The van der Waals surface area contributed by atoms with E-state index in [1.807, 2.05) is 30.3 Å². The molecule has 0 spiro atoms. The maximum Gasteiger partial charge on any atom is 0.323 e. The van der Waals surface area contributed by atoms with Gasteiger partial charge in [0.2, 0.25) is 0 Å². The molecular formula is C13H18N2O2. The Hall–Kier alpha value is -1.39. The van der Waals surface area contributed by atoms with Crippen LogP contribution in [-0.4, -0.2) is 25.1 Å². The van der Waals surface area contributed by atoms with Crippen molar-refractivity contribution in [3.8, 4) is 0 Å². The number of rotatable bonds is 4. The smallest absolute Gasteiger partial charge is 0.323 e. The van der Waals surface area contributed by atoms with Crippen LogP contribution in [-0.2, 0) is 16.1 Å². The van der Waals surface area contributed by atoms with Gasteiger partial charge in [0.1, 0.15) is 12.6 Å². The zero-order valence-electron chi connectivity index (χ0n) is 9.76. The van der Waals surface area contributed by atoms with Gasteiger partial charge in [0.15, 0.2) is 0 Å². The van der Waals surface area contributed by atoms with Gasteiger partial charge < -0.3 is 15.8 Å². The van der Waals surface area contributed by atoms with Crippen LogP contribution in [0, 0.1) is 5.92 Å². The molecule has 0 bridgehead atoms. The lowest BCUT2D eigenvalue weighted by atomic mass is 10.1. The first-order valence-electron chi connectivity index (χ1n) is 5.93. The van der Waals surface area contributed by atoms with E-state index >= 15 is 0 Å². The topological polar surface area (TPSA) is 64.3 Å². The monoisotopic (exact) mass is 234 g/mol. The van der Waals surface area contributed by atoms with E-state index in [0.717, 1.165) is 18.5 Å². The highest BCUT2D eigenvalue weighted by atomic mass is 16.5. The largest absolute Gasteiger partial charge is 0.460 e. The SMILES string of the molecule is NCC1CNC(C(=O)OCc2ccccc2)C1. The molecule has 4 nitrogen and oxygen atoms in total. The summed E-state index contributed by atoms with van der Waals surface area (Å²) in [7, 11) is 0. The summed E-state index contributed by atoms with van der Waals surface area (Å²) in [5.74, 6) is 0.217. The molecule has 0 aliphatic carbocycles. The molecule has 0 radical (unpaired) electrons. The molecule has 0 saturated carbocycles. The van der Waals surface area contributed by atoms with Crippen LogP contribution in [0.4, 0.5) is 0 Å². The molecule has 1 aromatic rings. The Kier molecular flexibility index (Phi) is 4.12. The summed E-state index contributed by atoms with van der Waals surface area (Å²) in [6, 6.07) is 9.50. The average molecular weight is 234 g/mol. The van der Waals surface area contributed by atoms with Gasteiger partial charge in [0, 0.05) is 6.54 Å². The Labute approximate surface area is 101 Å². The Morgan fingerprint density at radius 3 is 2.82 bits per heavy atom. The Morgan fingerprint density at radius 1 is 1.41 bits per heavy atom. The summed E-state index contributed by atoms with van der Waals surface area (Å²) < 4.78 is 5.26. The van der Waals surface area contributed by atoms with E-state index in [1.54, 1.807) is 0 Å². The predicted octanol–water partition coefficient (Wildman–Crippen LogP) is 0.667. The lowest BCUT2D eigenvalue weighted by molar-refractivity contribution is -0.147. The highest BCUT2D eigenvalue weighted by Crippen LogP contribution is 2.14. The van der Waals surface area contributed by atoms with E-state index in [1.165, 1.54) is 0 Å². The van der Waals surface area contributed by atoms with Crippen molar-refractivity contribution in [3.05, 3.63) is 35.9 Å². The number of hydrogen-bond acceptors (Lipinski definition) is 4. The van der Waals surface area contributed by atoms with Gasteiger partial charge in [-0.2, -0.15) is 0 Å². The van der Waals surface area contributed by atoms with Crippen molar-refractivity contribution in [2.45, 2.75) is 19.1 Å². The van der Waals surface area contributed by atoms with Crippen molar-refractivity contribution in [1.82, 2.24) is 5.32 Å². The van der Waals surface area contributed by atoms with Crippen LogP contribution in [0.5, 0.6) is 0 Å². The van der Waals surface area contributed by atoms with Crippen molar-refractivity contribution in [2.75, 3.05) is 13.1 Å². The molecule has 1 heterocycles. The summed E-state index contributed by atoms with van der Waals surface area (Å²) in [6.07, 6.45) is 0.782. The second-order valence-electron chi connectivity index (χ2n) is 4.39. The summed E-state index contributed by atoms with van der Waals surface area (Å²) >= 11 is 0. The van der Waals surface area contributed by atoms with E-state index in [4.69, 9.17) is 10.5 Å². The number of carbonyl (C=O) groups is 1. The summed E-state index contributed by atoms with van der Waals surface area (Å²) in [4.78, 5) is 11.8. The fourth-order valence-electron chi connectivity index (χ4n) is 2.00. The van der Waals surface area contributed by atoms with E-state index in [-0.39, 0.29) is 12.0 Å². The number of hydrogen-bond donors (Lipinski definition) is 2. The summed E-state index contributed by atoms with van der Waals surface area (Å²) in [6.45, 7) is 1.77. The average Bonchev–Trinajstić information content (AvgIpc) is 2.86. The van der Waals surface area contributed by atoms with Gasteiger partial charge in [0.05, 0.1) is 0 Å². The second-order valence-corrected chi connectivity index (χ2v) is 4.39. The normalized spacial score (nSPS) is 23.6. The molecule has 1 aliphatic heterocycles. The molecule has 4 heteroatoms. The molecule has 2 unspecified atom stereocenters. The van der Waals surface area contributed by atoms with Gasteiger partial charge in [-0.05, 0) is 24.4 Å². The van der Waals surface area contributed by atoms with Crippen molar-refractivity contribution >= 4 is 5.97 Å². The van der Waals surface area contributed by atoms with Gasteiger partial charge in [-0.15, -0.1) is 0 Å². The molecule has 92 valence electrons. The van der Waals surface area contributed by atoms with Crippen LogP contribution in [0.25, 0.3) is 0 Å². The molecule has 1 aromatic carbocycles. The first-order chi connectivity index (χ1) is 8.29. The summed E-state index contributed by atoms with van der Waals surface area (Å²) in [5, 5.41) is 3.14. The molecule has 1 fully saturated rings. The Morgan fingerprint density at radius 2 is 2.18 bits per heavy atom. The lowest BCUT2D eigenvalue weighted by Crippen LogP contribution is -2.32. The first kappa shape index (κ1) is 12.1. The van der Waals surface area contributed by atoms with Crippen LogP contribution >= 0.6 is 0 Å². The minimum atomic E-state index is -0.188. The fourth-order valence-corrected chi connectivity index (χ4v) is 2.00. The van der Waals surface area contributed by atoms with Gasteiger partial charge >= 0.3 is 5.97 Å². The number of nitrogens with one attached hydrogen (secondary N) is 1. The molecule has 1 aliphatic rings. The highest BCUT2D eigenvalue weighted by molar-refractivity contribution is 5.76. The quantitative estimate of drug-likeness (QED) is 0.751. The van der Waals surface area contributed by atoms with Crippen molar-refractivity contribution < 1.29 is 9.53 Å². The van der Waals surface area contributed by atoms with E-state index in [0.29, 0.717) is 19.1 Å². The number of ether oxygens (including phenoxy) is 1.